The highest BCUT2D eigenvalue weighted by Gasteiger charge is 2.25. The lowest BCUT2D eigenvalue weighted by Gasteiger charge is -2.24. The van der Waals surface area contributed by atoms with Gasteiger partial charge >= 0.3 is 0 Å². The maximum absolute atomic E-state index is 14.2. The number of anilines is 1. The van der Waals surface area contributed by atoms with E-state index in [0.29, 0.717) is 11.5 Å². The molecule has 0 radical (unpaired) electrons. The Hall–Kier alpha value is -2.47. The lowest BCUT2D eigenvalue weighted by atomic mass is 10.0. The normalized spacial score (nSPS) is 16.4. The first kappa shape index (κ1) is 14.1. The van der Waals surface area contributed by atoms with Gasteiger partial charge in [0.1, 0.15) is 18.2 Å². The molecule has 1 atom stereocenters. The highest BCUT2D eigenvalue weighted by Crippen LogP contribution is 2.33. The van der Waals surface area contributed by atoms with Crippen molar-refractivity contribution < 1.29 is 4.39 Å². The Morgan fingerprint density at radius 2 is 1.87 bits per heavy atom. The van der Waals surface area contributed by atoms with Crippen LogP contribution >= 0.6 is 15.9 Å². The van der Waals surface area contributed by atoms with Crippen molar-refractivity contribution in [3.05, 3.63) is 82.4 Å². The second-order valence-electron chi connectivity index (χ2n) is 5.21. The van der Waals surface area contributed by atoms with Crippen molar-refractivity contribution in [3.63, 3.8) is 0 Å². The Kier molecular flexibility index (Phi) is 3.46. The van der Waals surface area contributed by atoms with Crippen LogP contribution in [0.4, 0.5) is 10.3 Å². The van der Waals surface area contributed by atoms with Gasteiger partial charge in [-0.1, -0.05) is 46.3 Å². The molecule has 2 aromatic carbocycles. The number of aromatic nitrogens is 3. The van der Waals surface area contributed by atoms with Crippen molar-refractivity contribution in [2.75, 3.05) is 5.32 Å². The van der Waals surface area contributed by atoms with Gasteiger partial charge in [-0.2, -0.15) is 10.1 Å². The van der Waals surface area contributed by atoms with E-state index in [-0.39, 0.29) is 11.9 Å². The topological polar surface area (TPSA) is 42.7 Å². The molecule has 0 fully saturated rings. The molecule has 1 aliphatic heterocycles. The Balaban J connectivity index is 1.83. The minimum Gasteiger partial charge on any atom is -0.324 e. The van der Waals surface area contributed by atoms with Crippen LogP contribution in [0.2, 0.25) is 0 Å². The molecule has 1 unspecified atom stereocenters. The lowest BCUT2D eigenvalue weighted by molar-refractivity contribution is 0.551. The van der Waals surface area contributed by atoms with Crippen LogP contribution in [0.15, 0.2) is 65.4 Å². The van der Waals surface area contributed by atoms with Crippen molar-refractivity contribution in [2.45, 2.75) is 6.04 Å². The highest BCUT2D eigenvalue weighted by molar-refractivity contribution is 9.10. The van der Waals surface area contributed by atoms with Gasteiger partial charge in [0, 0.05) is 15.7 Å². The van der Waals surface area contributed by atoms with Crippen LogP contribution in [0.3, 0.4) is 0 Å². The third-order valence-electron chi connectivity index (χ3n) is 3.79. The molecule has 0 saturated heterocycles. The van der Waals surface area contributed by atoms with E-state index < -0.39 is 0 Å². The molecule has 0 bridgehead atoms. The van der Waals surface area contributed by atoms with Crippen LogP contribution < -0.4 is 5.32 Å². The molecule has 114 valence electrons. The Bertz CT molecular complexity index is 886. The number of nitrogens with zero attached hydrogens (tertiary/aromatic N) is 3. The SMILES string of the molecule is Fc1ccccc1C1C=C(c2ccc(Br)cc2)Nc2ncnn21. The predicted molar refractivity (Wildman–Crippen MR) is 90.3 cm³/mol. The van der Waals surface area contributed by atoms with Gasteiger partial charge in [0.15, 0.2) is 0 Å². The van der Waals surface area contributed by atoms with Gasteiger partial charge < -0.3 is 5.32 Å². The number of hydrogen-bond acceptors (Lipinski definition) is 3. The second-order valence-corrected chi connectivity index (χ2v) is 6.12. The van der Waals surface area contributed by atoms with Gasteiger partial charge in [0.25, 0.3) is 0 Å². The van der Waals surface area contributed by atoms with Crippen LogP contribution in [0.25, 0.3) is 5.70 Å². The minimum absolute atomic E-state index is 0.257. The van der Waals surface area contributed by atoms with Gasteiger partial charge in [0.2, 0.25) is 5.95 Å². The highest BCUT2D eigenvalue weighted by atomic mass is 79.9. The zero-order valence-electron chi connectivity index (χ0n) is 11.9. The number of hydrogen-bond donors (Lipinski definition) is 1. The fraction of sp³-hybridized carbons (Fsp3) is 0.0588. The predicted octanol–water partition coefficient (Wildman–Crippen LogP) is 4.24. The molecule has 0 saturated carbocycles. The van der Waals surface area contributed by atoms with Gasteiger partial charge in [-0.3, -0.25) is 0 Å². The Morgan fingerprint density at radius 1 is 1.09 bits per heavy atom. The average Bonchev–Trinajstić information content (AvgIpc) is 3.04. The summed E-state index contributed by atoms with van der Waals surface area (Å²) in [7, 11) is 0. The van der Waals surface area contributed by atoms with E-state index in [0.717, 1.165) is 15.7 Å². The molecule has 3 aromatic rings. The van der Waals surface area contributed by atoms with Crippen molar-refractivity contribution in [1.82, 2.24) is 14.8 Å². The fourth-order valence-electron chi connectivity index (χ4n) is 2.67. The summed E-state index contributed by atoms with van der Waals surface area (Å²) in [5.41, 5.74) is 2.45. The first-order valence-corrected chi connectivity index (χ1v) is 7.90. The van der Waals surface area contributed by atoms with E-state index in [4.69, 9.17) is 0 Å². The van der Waals surface area contributed by atoms with Gasteiger partial charge in [0.05, 0.1) is 0 Å². The third-order valence-corrected chi connectivity index (χ3v) is 4.32. The molecule has 0 amide bonds. The summed E-state index contributed by atoms with van der Waals surface area (Å²) in [5, 5.41) is 7.47. The largest absolute Gasteiger partial charge is 0.324 e. The van der Waals surface area contributed by atoms with Gasteiger partial charge in [-0.15, -0.1) is 0 Å². The molecule has 23 heavy (non-hydrogen) atoms. The van der Waals surface area contributed by atoms with Crippen LogP contribution in [0.5, 0.6) is 0 Å². The van der Waals surface area contributed by atoms with E-state index in [1.165, 1.54) is 12.4 Å². The molecular formula is C17H12BrFN4. The van der Waals surface area contributed by atoms with E-state index in [2.05, 4.69) is 31.3 Å². The summed E-state index contributed by atoms with van der Waals surface area (Å²) < 4.78 is 16.9. The summed E-state index contributed by atoms with van der Waals surface area (Å²) in [4.78, 5) is 4.22. The van der Waals surface area contributed by atoms with E-state index in [9.17, 15) is 4.39 Å². The van der Waals surface area contributed by atoms with Gasteiger partial charge in [-0.25, -0.2) is 9.07 Å². The number of nitrogens with one attached hydrogen (secondary N) is 1. The van der Waals surface area contributed by atoms with Crippen LogP contribution in [-0.4, -0.2) is 14.8 Å². The summed E-state index contributed by atoms with van der Waals surface area (Å²) in [6.45, 7) is 0. The fourth-order valence-corrected chi connectivity index (χ4v) is 2.93. The molecule has 6 heteroatoms. The maximum Gasteiger partial charge on any atom is 0.226 e. The molecule has 0 spiro atoms. The maximum atomic E-state index is 14.2. The smallest absolute Gasteiger partial charge is 0.226 e. The molecule has 1 aliphatic rings. The first-order valence-electron chi connectivity index (χ1n) is 7.11. The number of benzene rings is 2. The minimum atomic E-state index is -0.339. The summed E-state index contributed by atoms with van der Waals surface area (Å²) >= 11 is 3.43. The number of halogens is 2. The number of fused-ring (bicyclic) bond motifs is 1. The summed E-state index contributed by atoms with van der Waals surface area (Å²) in [5.74, 6) is 0.339. The zero-order chi connectivity index (χ0) is 15.8. The summed E-state index contributed by atoms with van der Waals surface area (Å²) in [6, 6.07) is 14.3. The Labute approximate surface area is 140 Å². The lowest BCUT2D eigenvalue weighted by Crippen LogP contribution is -2.21. The molecular weight excluding hydrogens is 359 g/mol. The quantitative estimate of drug-likeness (QED) is 0.733. The monoisotopic (exact) mass is 370 g/mol. The average molecular weight is 371 g/mol. The number of allylic oxidation sites excluding steroid dienone is 1. The van der Waals surface area contributed by atoms with Crippen LogP contribution in [-0.2, 0) is 0 Å². The van der Waals surface area contributed by atoms with Crippen molar-refractivity contribution in [2.24, 2.45) is 0 Å². The standard InChI is InChI=1S/C17H12BrFN4/c18-12-7-5-11(6-8-12)15-9-16(13-3-1-2-4-14(13)19)23-17(22-15)20-10-21-23/h1-10,16H,(H,20,21,22). The van der Waals surface area contributed by atoms with Gasteiger partial charge in [-0.05, 0) is 29.8 Å². The van der Waals surface area contributed by atoms with Crippen molar-refractivity contribution in [1.29, 1.82) is 0 Å². The first-order chi connectivity index (χ1) is 11.2. The van der Waals surface area contributed by atoms with Crippen LogP contribution in [0, 0.1) is 5.82 Å². The number of rotatable bonds is 2. The van der Waals surface area contributed by atoms with E-state index in [1.54, 1.807) is 16.8 Å². The van der Waals surface area contributed by atoms with Crippen molar-refractivity contribution in [3.8, 4) is 0 Å². The Morgan fingerprint density at radius 3 is 2.65 bits per heavy atom. The molecule has 4 nitrogen and oxygen atoms in total. The zero-order valence-corrected chi connectivity index (χ0v) is 13.5. The molecule has 1 N–H and O–H groups in total. The van der Waals surface area contributed by atoms with Crippen molar-refractivity contribution >= 4 is 27.6 Å². The van der Waals surface area contributed by atoms with E-state index in [1.807, 2.05) is 36.4 Å². The molecule has 1 aromatic heterocycles. The second kappa shape index (κ2) is 5.62. The third kappa shape index (κ3) is 2.55. The summed E-state index contributed by atoms with van der Waals surface area (Å²) in [6.07, 6.45) is 3.43. The molecule has 0 aliphatic carbocycles. The van der Waals surface area contributed by atoms with E-state index >= 15 is 0 Å². The molecule has 2 heterocycles. The van der Waals surface area contributed by atoms with Crippen LogP contribution in [0.1, 0.15) is 17.2 Å². The molecule has 4 rings (SSSR count).